The lowest BCUT2D eigenvalue weighted by atomic mass is 10.00. The number of hydrogen-bond acceptors (Lipinski definition) is 8. The van der Waals surface area contributed by atoms with Gasteiger partial charge in [-0.3, -0.25) is 0 Å². The average Bonchev–Trinajstić information content (AvgIpc) is 2.88. The molecule has 3 unspecified atom stereocenters. The highest BCUT2D eigenvalue weighted by molar-refractivity contribution is 7.92. The predicted octanol–water partition coefficient (Wildman–Crippen LogP) is 1.05. The third-order valence-electron chi connectivity index (χ3n) is 5.52. The molecule has 1 aliphatic carbocycles. The standard InChI is InChI=1S/C21H26N4O4S/c1-14-6-7-18-17(10-14)20(22-11-16(27)13-26)24-21(23-18)25-8-9-30(28,29)19-5-3-2-4-15(19)12-25/h2-7,10,15-16,19,26-27H,8-9,11-13H2,1H3,(H,22,23,24). The van der Waals surface area contributed by atoms with E-state index in [9.17, 15) is 13.5 Å². The van der Waals surface area contributed by atoms with Crippen LogP contribution in [0.4, 0.5) is 11.8 Å². The van der Waals surface area contributed by atoms with E-state index in [1.807, 2.05) is 42.2 Å². The number of hydrogen-bond donors (Lipinski definition) is 3. The lowest BCUT2D eigenvalue weighted by Crippen LogP contribution is -2.33. The van der Waals surface area contributed by atoms with E-state index in [-0.39, 0.29) is 24.8 Å². The number of fused-ring (bicyclic) bond motifs is 2. The number of anilines is 2. The van der Waals surface area contributed by atoms with Gasteiger partial charge in [-0.1, -0.05) is 35.9 Å². The number of nitrogens with zero attached hydrogens (tertiary/aromatic N) is 3. The fraction of sp³-hybridized carbons (Fsp3) is 0.429. The molecule has 1 saturated heterocycles. The molecule has 0 saturated carbocycles. The summed E-state index contributed by atoms with van der Waals surface area (Å²) < 4.78 is 25.4. The Kier molecular flexibility index (Phi) is 5.77. The van der Waals surface area contributed by atoms with Crippen molar-refractivity contribution in [2.45, 2.75) is 18.3 Å². The zero-order chi connectivity index (χ0) is 21.3. The summed E-state index contributed by atoms with van der Waals surface area (Å²) in [7, 11) is -3.26. The van der Waals surface area contributed by atoms with Gasteiger partial charge in [0.2, 0.25) is 5.95 Å². The number of aryl methyl sites for hydroxylation is 1. The number of nitrogens with one attached hydrogen (secondary N) is 1. The van der Waals surface area contributed by atoms with Crippen molar-refractivity contribution < 1.29 is 18.6 Å². The molecule has 2 aliphatic rings. The van der Waals surface area contributed by atoms with Crippen molar-refractivity contribution in [3.63, 3.8) is 0 Å². The van der Waals surface area contributed by atoms with E-state index in [0.29, 0.717) is 24.9 Å². The Morgan fingerprint density at radius 2 is 2.07 bits per heavy atom. The summed E-state index contributed by atoms with van der Waals surface area (Å²) in [5.41, 5.74) is 1.78. The Labute approximate surface area is 175 Å². The Hall–Kier alpha value is -2.49. The normalized spacial score (nSPS) is 23.8. The van der Waals surface area contributed by atoms with Gasteiger partial charge in [-0.05, 0) is 19.1 Å². The molecule has 2 heterocycles. The molecule has 1 aliphatic heterocycles. The third-order valence-corrected chi connectivity index (χ3v) is 7.61. The average molecular weight is 431 g/mol. The Balaban J connectivity index is 1.72. The first kappa shape index (κ1) is 20.8. The summed E-state index contributed by atoms with van der Waals surface area (Å²) in [5.74, 6) is 0.876. The summed E-state index contributed by atoms with van der Waals surface area (Å²) in [6, 6.07) is 5.83. The van der Waals surface area contributed by atoms with Gasteiger partial charge in [-0.15, -0.1) is 0 Å². The van der Waals surface area contributed by atoms with Crippen molar-refractivity contribution in [2.75, 3.05) is 42.2 Å². The van der Waals surface area contributed by atoms with Crippen LogP contribution in [0.25, 0.3) is 10.9 Å². The molecular formula is C21H26N4O4S. The quantitative estimate of drug-likeness (QED) is 0.645. The van der Waals surface area contributed by atoms with Crippen molar-refractivity contribution in [3.05, 3.63) is 48.1 Å². The van der Waals surface area contributed by atoms with Crippen molar-refractivity contribution in [1.29, 1.82) is 0 Å². The smallest absolute Gasteiger partial charge is 0.227 e. The van der Waals surface area contributed by atoms with Gasteiger partial charge in [0.15, 0.2) is 9.84 Å². The van der Waals surface area contributed by atoms with Crippen molar-refractivity contribution in [1.82, 2.24) is 9.97 Å². The predicted molar refractivity (Wildman–Crippen MR) is 117 cm³/mol. The van der Waals surface area contributed by atoms with Crippen LogP contribution in [0.1, 0.15) is 5.56 Å². The highest BCUT2D eigenvalue weighted by Crippen LogP contribution is 2.29. The molecule has 1 fully saturated rings. The van der Waals surface area contributed by atoms with Crippen LogP contribution in [0.3, 0.4) is 0 Å². The zero-order valence-electron chi connectivity index (χ0n) is 16.8. The maximum absolute atomic E-state index is 12.7. The Morgan fingerprint density at radius 3 is 2.87 bits per heavy atom. The van der Waals surface area contributed by atoms with E-state index < -0.39 is 21.2 Å². The minimum Gasteiger partial charge on any atom is -0.394 e. The van der Waals surface area contributed by atoms with E-state index in [0.717, 1.165) is 16.5 Å². The third kappa shape index (κ3) is 4.19. The summed E-state index contributed by atoms with van der Waals surface area (Å²) >= 11 is 0. The number of aromatic nitrogens is 2. The summed E-state index contributed by atoms with van der Waals surface area (Å²) in [4.78, 5) is 11.3. The lowest BCUT2D eigenvalue weighted by molar-refractivity contribution is 0.105. The topological polar surface area (TPSA) is 116 Å². The van der Waals surface area contributed by atoms with Gasteiger partial charge in [0.05, 0.1) is 29.2 Å². The summed E-state index contributed by atoms with van der Waals surface area (Å²) in [6.45, 7) is 2.58. The second kappa shape index (κ2) is 8.33. The van der Waals surface area contributed by atoms with Crippen molar-refractivity contribution in [3.8, 4) is 0 Å². The molecular weight excluding hydrogens is 404 g/mol. The zero-order valence-corrected chi connectivity index (χ0v) is 17.6. The van der Waals surface area contributed by atoms with Gasteiger partial charge >= 0.3 is 0 Å². The lowest BCUT2D eigenvalue weighted by Gasteiger charge is -2.26. The molecule has 0 radical (unpaired) electrons. The first-order chi connectivity index (χ1) is 14.4. The van der Waals surface area contributed by atoms with Crippen LogP contribution in [0.5, 0.6) is 0 Å². The summed E-state index contributed by atoms with van der Waals surface area (Å²) in [6.07, 6.45) is 6.45. The maximum atomic E-state index is 12.7. The first-order valence-corrected chi connectivity index (χ1v) is 11.7. The molecule has 0 bridgehead atoms. The van der Waals surface area contributed by atoms with Gasteiger partial charge in [0.1, 0.15) is 5.82 Å². The van der Waals surface area contributed by atoms with E-state index in [2.05, 4.69) is 10.3 Å². The molecule has 8 nitrogen and oxygen atoms in total. The second-order valence-corrected chi connectivity index (χ2v) is 10.1. The molecule has 0 amide bonds. The largest absolute Gasteiger partial charge is 0.394 e. The maximum Gasteiger partial charge on any atom is 0.227 e. The molecule has 3 N–H and O–H groups in total. The van der Waals surface area contributed by atoms with E-state index in [1.165, 1.54) is 0 Å². The van der Waals surface area contributed by atoms with Gasteiger partial charge in [-0.2, -0.15) is 4.98 Å². The molecule has 2 aromatic rings. The minimum absolute atomic E-state index is 0.0353. The molecule has 0 spiro atoms. The first-order valence-electron chi connectivity index (χ1n) is 10.00. The fourth-order valence-corrected chi connectivity index (χ4v) is 5.66. The van der Waals surface area contributed by atoms with Crippen LogP contribution >= 0.6 is 0 Å². The number of sulfone groups is 1. The number of aliphatic hydroxyl groups is 2. The molecule has 3 atom stereocenters. The number of rotatable bonds is 5. The summed E-state index contributed by atoms with van der Waals surface area (Å²) in [5, 5.41) is 22.3. The minimum atomic E-state index is -3.26. The Bertz CT molecular complexity index is 1100. The van der Waals surface area contributed by atoms with Crippen LogP contribution in [-0.2, 0) is 9.84 Å². The highest BCUT2D eigenvalue weighted by Gasteiger charge is 2.36. The van der Waals surface area contributed by atoms with Gasteiger partial charge in [0, 0.05) is 30.9 Å². The highest BCUT2D eigenvalue weighted by atomic mass is 32.2. The second-order valence-electron chi connectivity index (χ2n) is 7.82. The van der Waals surface area contributed by atoms with Crippen LogP contribution in [0, 0.1) is 12.8 Å². The van der Waals surface area contributed by atoms with E-state index >= 15 is 0 Å². The molecule has 160 valence electrons. The number of aliphatic hydroxyl groups excluding tert-OH is 2. The Morgan fingerprint density at radius 1 is 1.27 bits per heavy atom. The van der Waals surface area contributed by atoms with Crippen molar-refractivity contribution in [2.24, 2.45) is 5.92 Å². The van der Waals surface area contributed by atoms with Crippen molar-refractivity contribution >= 4 is 32.5 Å². The van der Waals surface area contributed by atoms with Gasteiger partial charge < -0.3 is 20.4 Å². The van der Waals surface area contributed by atoms with E-state index in [1.54, 1.807) is 12.2 Å². The van der Waals surface area contributed by atoms with Gasteiger partial charge in [-0.25, -0.2) is 13.4 Å². The monoisotopic (exact) mass is 430 g/mol. The molecule has 30 heavy (non-hydrogen) atoms. The molecule has 4 rings (SSSR count). The van der Waals surface area contributed by atoms with Crippen LogP contribution in [0.2, 0.25) is 0 Å². The fourth-order valence-electron chi connectivity index (χ4n) is 3.87. The van der Waals surface area contributed by atoms with Crippen LogP contribution in [0.15, 0.2) is 42.5 Å². The van der Waals surface area contributed by atoms with Crippen LogP contribution in [-0.4, -0.2) is 71.9 Å². The number of allylic oxidation sites excluding steroid dienone is 2. The van der Waals surface area contributed by atoms with E-state index in [4.69, 9.17) is 10.1 Å². The number of benzene rings is 1. The molecule has 1 aromatic carbocycles. The van der Waals surface area contributed by atoms with Crippen LogP contribution < -0.4 is 10.2 Å². The molecule has 9 heteroatoms. The SMILES string of the molecule is Cc1ccc2nc(N3CCS(=O)(=O)C4C=CC=CC4C3)nc(NCC(O)CO)c2c1. The molecule has 1 aromatic heterocycles. The van der Waals surface area contributed by atoms with Gasteiger partial charge in [0.25, 0.3) is 0 Å².